The van der Waals surface area contributed by atoms with Crippen LogP contribution in [-0.2, 0) is 9.84 Å². The third kappa shape index (κ3) is 4.71. The third-order valence-electron chi connectivity index (χ3n) is 5.06. The third-order valence-corrected chi connectivity index (χ3v) is 6.89. The molecule has 0 aromatic heterocycles. The van der Waals surface area contributed by atoms with E-state index in [0.29, 0.717) is 25.3 Å². The second-order valence-corrected chi connectivity index (χ2v) is 8.66. The average Bonchev–Trinajstić information content (AvgIpc) is 2.45. The van der Waals surface area contributed by atoms with E-state index in [1.165, 1.54) is 19.3 Å². The molecule has 0 amide bonds. The molecule has 120 valence electrons. The molecule has 0 atom stereocenters. The SMILES string of the molecule is CCCS(=O)(=O)CCN(C)C1(CN)CCC(CC)CC1. The van der Waals surface area contributed by atoms with E-state index in [4.69, 9.17) is 5.73 Å². The van der Waals surface area contributed by atoms with Crippen LogP contribution in [-0.4, -0.2) is 50.5 Å². The van der Waals surface area contributed by atoms with Gasteiger partial charge in [-0.05, 0) is 45.1 Å². The van der Waals surface area contributed by atoms with Crippen LogP contribution in [0.3, 0.4) is 0 Å². The normalized spacial score (nSPS) is 27.9. The van der Waals surface area contributed by atoms with Gasteiger partial charge in [-0.15, -0.1) is 0 Å². The van der Waals surface area contributed by atoms with Crippen molar-refractivity contribution in [3.05, 3.63) is 0 Å². The Hall–Kier alpha value is -0.130. The van der Waals surface area contributed by atoms with Crippen molar-refractivity contribution in [3.63, 3.8) is 0 Å². The molecule has 0 bridgehead atoms. The van der Waals surface area contributed by atoms with Crippen molar-refractivity contribution in [2.24, 2.45) is 11.7 Å². The number of hydrogen-bond acceptors (Lipinski definition) is 4. The molecule has 5 heteroatoms. The van der Waals surface area contributed by atoms with Crippen molar-refractivity contribution in [1.82, 2.24) is 4.90 Å². The second-order valence-electron chi connectivity index (χ2n) is 6.35. The number of sulfone groups is 1. The van der Waals surface area contributed by atoms with Crippen molar-refractivity contribution in [2.75, 3.05) is 31.6 Å². The van der Waals surface area contributed by atoms with E-state index in [1.54, 1.807) is 0 Å². The first-order valence-corrected chi connectivity index (χ1v) is 9.83. The quantitative estimate of drug-likeness (QED) is 0.745. The molecule has 1 saturated carbocycles. The van der Waals surface area contributed by atoms with Gasteiger partial charge in [0.2, 0.25) is 0 Å². The summed E-state index contributed by atoms with van der Waals surface area (Å²) in [6, 6.07) is 0. The molecule has 1 fully saturated rings. The molecule has 0 saturated heterocycles. The van der Waals surface area contributed by atoms with Crippen molar-refractivity contribution in [1.29, 1.82) is 0 Å². The van der Waals surface area contributed by atoms with Crippen LogP contribution in [0.1, 0.15) is 52.4 Å². The lowest BCUT2D eigenvalue weighted by atomic mass is 9.75. The molecule has 4 nitrogen and oxygen atoms in total. The Morgan fingerprint density at radius 2 is 1.80 bits per heavy atom. The Morgan fingerprint density at radius 1 is 1.20 bits per heavy atom. The molecule has 0 heterocycles. The summed E-state index contributed by atoms with van der Waals surface area (Å²) in [6.07, 6.45) is 6.60. The van der Waals surface area contributed by atoms with Gasteiger partial charge in [0.15, 0.2) is 9.84 Å². The highest BCUT2D eigenvalue weighted by molar-refractivity contribution is 7.91. The van der Waals surface area contributed by atoms with Crippen LogP contribution in [0, 0.1) is 5.92 Å². The molecule has 0 radical (unpaired) electrons. The van der Waals surface area contributed by atoms with E-state index < -0.39 is 9.84 Å². The van der Waals surface area contributed by atoms with E-state index in [0.717, 1.165) is 18.8 Å². The maximum Gasteiger partial charge on any atom is 0.151 e. The van der Waals surface area contributed by atoms with Gasteiger partial charge in [0.25, 0.3) is 0 Å². The number of hydrogen-bond donors (Lipinski definition) is 1. The lowest BCUT2D eigenvalue weighted by Crippen LogP contribution is -2.55. The summed E-state index contributed by atoms with van der Waals surface area (Å²) in [5.74, 6) is 1.39. The van der Waals surface area contributed by atoms with Crippen LogP contribution in [0.2, 0.25) is 0 Å². The van der Waals surface area contributed by atoms with Gasteiger partial charge in [0, 0.05) is 24.4 Å². The van der Waals surface area contributed by atoms with E-state index >= 15 is 0 Å². The van der Waals surface area contributed by atoms with Gasteiger partial charge in [-0.1, -0.05) is 20.3 Å². The van der Waals surface area contributed by atoms with Crippen LogP contribution in [0.25, 0.3) is 0 Å². The number of nitrogens with zero attached hydrogens (tertiary/aromatic N) is 1. The molecule has 0 spiro atoms. The Labute approximate surface area is 125 Å². The van der Waals surface area contributed by atoms with E-state index in [9.17, 15) is 8.42 Å². The highest BCUT2D eigenvalue weighted by Gasteiger charge is 2.37. The van der Waals surface area contributed by atoms with Crippen LogP contribution in [0.15, 0.2) is 0 Å². The van der Waals surface area contributed by atoms with Gasteiger partial charge in [-0.2, -0.15) is 0 Å². The standard InChI is InChI=1S/C15H32N2O2S/c1-4-11-20(18,19)12-10-17(3)15(13-16)8-6-14(5-2)7-9-15/h14H,4-13,16H2,1-3H3. The Balaban J connectivity index is 2.57. The monoisotopic (exact) mass is 304 g/mol. The van der Waals surface area contributed by atoms with Crippen molar-refractivity contribution < 1.29 is 8.42 Å². The van der Waals surface area contributed by atoms with Gasteiger partial charge in [0.05, 0.1) is 5.75 Å². The fourth-order valence-corrected chi connectivity index (χ4v) is 4.67. The minimum Gasteiger partial charge on any atom is -0.329 e. The number of rotatable bonds is 8. The molecular weight excluding hydrogens is 272 g/mol. The lowest BCUT2D eigenvalue weighted by Gasteiger charge is -2.46. The molecule has 1 rings (SSSR count). The molecule has 0 unspecified atom stereocenters. The molecule has 20 heavy (non-hydrogen) atoms. The first-order valence-electron chi connectivity index (χ1n) is 8.01. The summed E-state index contributed by atoms with van der Waals surface area (Å²) in [6.45, 7) is 5.40. The number of likely N-dealkylation sites (N-methyl/N-ethyl adjacent to an activating group) is 1. The summed E-state index contributed by atoms with van der Waals surface area (Å²) in [5, 5.41) is 0. The maximum atomic E-state index is 11.9. The Kier molecular flexibility index (Phi) is 6.95. The lowest BCUT2D eigenvalue weighted by molar-refractivity contribution is 0.0692. The molecule has 2 N–H and O–H groups in total. The van der Waals surface area contributed by atoms with Gasteiger partial charge >= 0.3 is 0 Å². The summed E-state index contributed by atoms with van der Waals surface area (Å²) in [7, 11) is -0.856. The fourth-order valence-electron chi connectivity index (χ4n) is 3.29. The van der Waals surface area contributed by atoms with Crippen molar-refractivity contribution >= 4 is 9.84 Å². The molecular formula is C15H32N2O2S. The smallest absolute Gasteiger partial charge is 0.151 e. The minimum absolute atomic E-state index is 0.0212. The maximum absolute atomic E-state index is 11.9. The Morgan fingerprint density at radius 3 is 2.25 bits per heavy atom. The summed E-state index contributed by atoms with van der Waals surface area (Å²) < 4.78 is 23.7. The van der Waals surface area contributed by atoms with Crippen molar-refractivity contribution in [2.45, 2.75) is 57.9 Å². The number of nitrogens with two attached hydrogens (primary N) is 1. The van der Waals surface area contributed by atoms with E-state index in [1.807, 2.05) is 14.0 Å². The Bertz CT molecular complexity index is 373. The predicted octanol–water partition coefficient (Wildman–Crippen LogP) is 2.04. The first-order chi connectivity index (χ1) is 9.39. The predicted molar refractivity (Wildman–Crippen MR) is 85.6 cm³/mol. The molecule has 1 aliphatic carbocycles. The van der Waals surface area contributed by atoms with Crippen LogP contribution >= 0.6 is 0 Å². The van der Waals surface area contributed by atoms with Gasteiger partial charge in [-0.3, -0.25) is 4.90 Å². The highest BCUT2D eigenvalue weighted by atomic mass is 32.2. The van der Waals surface area contributed by atoms with Crippen LogP contribution in [0.5, 0.6) is 0 Å². The summed E-state index contributed by atoms with van der Waals surface area (Å²) in [4.78, 5) is 2.21. The van der Waals surface area contributed by atoms with Crippen LogP contribution in [0.4, 0.5) is 0 Å². The van der Waals surface area contributed by atoms with Gasteiger partial charge in [-0.25, -0.2) is 8.42 Å². The minimum atomic E-state index is -2.90. The van der Waals surface area contributed by atoms with E-state index in [-0.39, 0.29) is 11.3 Å². The highest BCUT2D eigenvalue weighted by Crippen LogP contribution is 2.36. The molecule has 0 aromatic rings. The second kappa shape index (κ2) is 7.76. The average molecular weight is 305 g/mol. The summed E-state index contributed by atoms with van der Waals surface area (Å²) in [5.41, 5.74) is 6.05. The molecule has 0 aliphatic heterocycles. The summed E-state index contributed by atoms with van der Waals surface area (Å²) >= 11 is 0. The topological polar surface area (TPSA) is 63.4 Å². The van der Waals surface area contributed by atoms with Crippen molar-refractivity contribution in [3.8, 4) is 0 Å². The molecule has 0 aromatic carbocycles. The van der Waals surface area contributed by atoms with E-state index in [2.05, 4.69) is 11.8 Å². The zero-order chi connectivity index (χ0) is 15.2. The van der Waals surface area contributed by atoms with Gasteiger partial charge < -0.3 is 5.73 Å². The zero-order valence-electron chi connectivity index (χ0n) is 13.4. The van der Waals surface area contributed by atoms with Gasteiger partial charge in [0.1, 0.15) is 0 Å². The fraction of sp³-hybridized carbons (Fsp3) is 1.00. The first kappa shape index (κ1) is 17.9. The molecule has 1 aliphatic rings. The zero-order valence-corrected chi connectivity index (χ0v) is 14.2. The largest absolute Gasteiger partial charge is 0.329 e. The van der Waals surface area contributed by atoms with Crippen LogP contribution < -0.4 is 5.73 Å².